The van der Waals surface area contributed by atoms with Crippen molar-refractivity contribution in [3.05, 3.63) is 128 Å². The zero-order valence-corrected chi connectivity index (χ0v) is 71.0. The van der Waals surface area contributed by atoms with Gasteiger partial charge in [-0.05, 0) is 235 Å². The molecule has 4 unspecified atom stereocenters. The molecule has 12 aliphatic rings. The normalized spacial score (nSPS) is 26.4. The number of nitrogens with zero attached hydrogens (tertiary/aromatic N) is 10. The maximum Gasteiger partial charge on any atom is 0.255 e. The van der Waals surface area contributed by atoms with Crippen molar-refractivity contribution in [1.82, 2.24) is 25.0 Å². The number of halogens is 1. The minimum Gasteiger partial charge on any atom is -0.454 e. The first kappa shape index (κ1) is 86.2. The summed E-state index contributed by atoms with van der Waals surface area (Å²) < 4.78 is 23.6. The molecule has 5 atom stereocenters. The Labute approximate surface area is 690 Å². The summed E-state index contributed by atoms with van der Waals surface area (Å²) in [7, 11) is 0. The standard InChI is InChI=1S/C20H24N2O4.C19H23FN2O2.C18H24N2O2.2C17H22N2O2S/c1-13-20(2,15-6-4-3-5-7-15)19(24)22(21-13)11-16(23)14-8-9-17-18(10-14)26-12-25-17;1-13-19(2,15-6-4-3-5-7-15)18(24)22(21-13)12-17(23)14-8-10-16(20)11-9-14;1-13-18(2,15-10-4-3-5-11-15)17(22)20(19-13)12-16(21)14-8-6-7-9-14;1-12-17(2,13-7-4-3-5-8-13)16(21)19(18-12)11-14(20)15-9-6-10-22-15;1-12-17(2,14-6-4-3-5-7-14)16(21)19(18-12)10-15(20)13-8-9-22-11-13/h8-10,15H,3-7,11-12H2,1-2H3;8-11,15H,3-7,12H2,1-2H3;6-8,15H,3-5,9-12H2,1-2H3;6,9-10,13H,3-5,7-8,11H2,1-2H3;8-9,11,14H,3-7,10H2,1-2H3/t;;;;17-/m....0/s1. The van der Waals surface area contributed by atoms with Crippen molar-refractivity contribution in [1.29, 1.82) is 0 Å². The van der Waals surface area contributed by atoms with Crippen LogP contribution < -0.4 is 9.47 Å². The number of thiophene rings is 2. The van der Waals surface area contributed by atoms with E-state index in [4.69, 9.17) is 9.47 Å². The summed E-state index contributed by atoms with van der Waals surface area (Å²) in [5.74, 6) is 1.95. The molecule has 5 fully saturated rings. The monoisotopic (exact) mass is 1620 g/mol. The number of ketones is 5. The molecule has 0 saturated heterocycles. The van der Waals surface area contributed by atoms with Crippen LogP contribution >= 0.6 is 22.7 Å². The van der Waals surface area contributed by atoms with Crippen LogP contribution in [0.1, 0.15) is 277 Å². The Hall–Kier alpha value is -9.10. The van der Waals surface area contributed by atoms with Gasteiger partial charge in [-0.1, -0.05) is 121 Å². The fraction of sp³-hybridized carbons (Fsp3) is 0.571. The van der Waals surface area contributed by atoms with Gasteiger partial charge in [-0.2, -0.15) is 36.8 Å². The first-order chi connectivity index (χ1) is 55.5. The van der Waals surface area contributed by atoms with Crippen molar-refractivity contribution in [2.45, 2.75) is 236 Å². The van der Waals surface area contributed by atoms with Crippen molar-refractivity contribution >= 4 is 110 Å². The van der Waals surface area contributed by atoms with E-state index in [1.807, 2.05) is 110 Å². The molecule has 4 aromatic rings. The largest absolute Gasteiger partial charge is 0.454 e. The number of hydrazone groups is 5. The quantitative estimate of drug-likeness (QED) is 0.0748. The molecule has 0 bridgehead atoms. The second kappa shape index (κ2) is 37.2. The van der Waals surface area contributed by atoms with E-state index in [1.54, 1.807) is 30.3 Å². The van der Waals surface area contributed by atoms with Gasteiger partial charge in [-0.25, -0.2) is 29.4 Å². The lowest BCUT2D eigenvalue weighted by Gasteiger charge is -2.35. The average molecular weight is 1620 g/mol. The number of carbonyl (C=O) groups is 10. The van der Waals surface area contributed by atoms with Gasteiger partial charge in [0, 0.05) is 27.6 Å². The number of Topliss-reactive ketones (excluding diaryl/α,β-unsaturated/α-hetero) is 5. The molecule has 116 heavy (non-hydrogen) atoms. The molecule has 2 aromatic heterocycles. The van der Waals surface area contributed by atoms with E-state index in [0.717, 1.165) is 124 Å². The Bertz CT molecular complexity index is 4470. The molecule has 2 aromatic carbocycles. The van der Waals surface area contributed by atoms with Gasteiger partial charge in [0.15, 0.2) is 40.4 Å². The van der Waals surface area contributed by atoms with Crippen LogP contribution in [-0.4, -0.2) is 152 Å². The van der Waals surface area contributed by atoms with Crippen LogP contribution in [0.4, 0.5) is 4.39 Å². The topological polar surface area (TPSA) is 267 Å². The molecule has 22 nitrogen and oxygen atoms in total. The van der Waals surface area contributed by atoms with Crippen LogP contribution in [0.25, 0.3) is 0 Å². The predicted molar refractivity (Wildman–Crippen MR) is 449 cm³/mol. The number of amides is 5. The number of carbonyl (C=O) groups excluding carboxylic acids is 10. The van der Waals surface area contributed by atoms with Gasteiger partial charge in [0.25, 0.3) is 29.5 Å². The number of hydrogen-bond acceptors (Lipinski definition) is 19. The Morgan fingerprint density at radius 1 is 0.405 bits per heavy atom. The Kier molecular flexibility index (Phi) is 27.7. The molecule has 6 aliphatic carbocycles. The molecule has 5 amide bonds. The molecule has 0 N–H and O–H groups in total. The molecule has 0 radical (unpaired) electrons. The highest BCUT2D eigenvalue weighted by Crippen LogP contribution is 2.50. The lowest BCUT2D eigenvalue weighted by Crippen LogP contribution is -2.44. The van der Waals surface area contributed by atoms with E-state index < -0.39 is 27.1 Å². The number of rotatable bonds is 20. The number of ether oxygens (including phenoxy) is 2. The van der Waals surface area contributed by atoms with Crippen LogP contribution in [0.2, 0.25) is 0 Å². The Morgan fingerprint density at radius 2 is 0.741 bits per heavy atom. The number of allylic oxidation sites excluding steroid dienone is 3. The number of fused-ring (bicyclic) bond motifs is 1. The summed E-state index contributed by atoms with van der Waals surface area (Å²) in [6, 6.07) is 15.9. The van der Waals surface area contributed by atoms with Crippen molar-refractivity contribution in [2.75, 3.05) is 39.5 Å². The van der Waals surface area contributed by atoms with Crippen LogP contribution in [0.3, 0.4) is 0 Å². The molecule has 0 spiro atoms. The fourth-order valence-corrected chi connectivity index (χ4v) is 20.7. The van der Waals surface area contributed by atoms with E-state index in [-0.39, 0.29) is 104 Å². The third-order valence-electron chi connectivity index (χ3n) is 27.7. The summed E-state index contributed by atoms with van der Waals surface area (Å²) in [5.41, 5.74) is 3.84. The number of benzene rings is 2. The first-order valence-electron chi connectivity index (χ1n) is 42.1. The van der Waals surface area contributed by atoms with Gasteiger partial charge < -0.3 is 9.47 Å². The minimum absolute atomic E-state index is 0.000444. The van der Waals surface area contributed by atoms with Gasteiger partial charge in [-0.3, -0.25) is 47.9 Å². The summed E-state index contributed by atoms with van der Waals surface area (Å²) >= 11 is 2.90. The number of hydrogen-bond donors (Lipinski definition) is 0. The lowest BCUT2D eigenvalue weighted by atomic mass is 9.67. The smallest absolute Gasteiger partial charge is 0.255 e. The molecule has 5 saturated carbocycles. The van der Waals surface area contributed by atoms with E-state index in [0.29, 0.717) is 69.1 Å². The molecule has 16 rings (SSSR count). The molecule has 620 valence electrons. The molecular weight excluding hydrogens is 1510 g/mol. The maximum absolute atomic E-state index is 13.1. The zero-order chi connectivity index (χ0) is 82.9. The summed E-state index contributed by atoms with van der Waals surface area (Å²) in [5, 5.41) is 34.6. The van der Waals surface area contributed by atoms with Crippen LogP contribution in [0.15, 0.2) is 126 Å². The highest BCUT2D eigenvalue weighted by atomic mass is 32.1. The van der Waals surface area contributed by atoms with Crippen molar-refractivity contribution in [3.63, 3.8) is 0 Å². The first-order valence-corrected chi connectivity index (χ1v) is 44.0. The van der Waals surface area contributed by atoms with Crippen LogP contribution in [-0.2, 0) is 28.8 Å². The molecule has 6 aliphatic heterocycles. The van der Waals surface area contributed by atoms with Gasteiger partial charge in [0.2, 0.25) is 6.79 Å². The van der Waals surface area contributed by atoms with Crippen molar-refractivity contribution in [3.8, 4) is 11.5 Å². The molecule has 25 heteroatoms. The van der Waals surface area contributed by atoms with E-state index in [9.17, 15) is 52.3 Å². The SMILES string of the molecule is CC1=NN(CC(=O)C2=CC=CC2)C(=O)C1(C)C1CCCCC1.CC1=NN(CC(=O)c2ccc(F)cc2)C(=O)C1(C)C1CCCCC1.CC1=NN(CC(=O)c2ccc3c(c2)OCO3)C(=O)C1(C)C1CCCCC1.CC1=NN(CC(=O)c2cccs2)C(=O)C1(C)C1CCCCC1.CC1=NN(CC(=O)c2ccsc2)C(=O)[C@]1(C)C1CCCCC1. The zero-order valence-electron chi connectivity index (χ0n) is 69.3. The van der Waals surface area contributed by atoms with E-state index in [1.165, 1.54) is 143 Å². The second-order valence-electron chi connectivity index (χ2n) is 34.4. The highest BCUT2D eigenvalue weighted by Gasteiger charge is 2.56. The second-order valence-corrected chi connectivity index (χ2v) is 36.2. The fourth-order valence-electron chi connectivity index (χ4n) is 19.4. The van der Waals surface area contributed by atoms with Crippen molar-refractivity contribution < 1.29 is 61.8 Å². The van der Waals surface area contributed by atoms with Gasteiger partial charge in [0.1, 0.15) is 38.5 Å². The molecule has 8 heterocycles. The third kappa shape index (κ3) is 18.0. The minimum atomic E-state index is -0.594. The maximum atomic E-state index is 13.1. The van der Waals surface area contributed by atoms with E-state index >= 15 is 0 Å². The van der Waals surface area contributed by atoms with Crippen LogP contribution in [0.5, 0.6) is 11.5 Å². The van der Waals surface area contributed by atoms with Gasteiger partial charge in [-0.15, -0.1) is 11.3 Å². The van der Waals surface area contributed by atoms with Crippen molar-refractivity contribution in [2.24, 2.45) is 82.2 Å². The van der Waals surface area contributed by atoms with Gasteiger partial charge >= 0.3 is 0 Å². The third-order valence-corrected chi connectivity index (χ3v) is 29.3. The average Bonchev–Trinajstić information content (AvgIpc) is 1.63. The highest BCUT2D eigenvalue weighted by molar-refractivity contribution is 7.12. The predicted octanol–water partition coefficient (Wildman–Crippen LogP) is 17.9. The van der Waals surface area contributed by atoms with Crippen LogP contribution in [0, 0.1) is 62.5 Å². The molecular formula is C91H115FN10O12S2. The lowest BCUT2D eigenvalue weighted by molar-refractivity contribution is -0.140. The van der Waals surface area contributed by atoms with E-state index in [2.05, 4.69) is 25.5 Å². The summed E-state index contributed by atoms with van der Waals surface area (Å²) in [4.78, 5) is 127. The van der Waals surface area contributed by atoms with Gasteiger partial charge in [0.05, 0.1) is 60.5 Å². The summed E-state index contributed by atoms with van der Waals surface area (Å²) in [6.07, 6.45) is 35.1. The Morgan fingerprint density at radius 3 is 1.08 bits per heavy atom. The summed E-state index contributed by atoms with van der Waals surface area (Å²) in [6.45, 7) is 19.8. The Balaban J connectivity index is 0.000000134.